The van der Waals surface area contributed by atoms with Gasteiger partial charge < -0.3 is 9.47 Å². The van der Waals surface area contributed by atoms with E-state index in [9.17, 15) is 13.2 Å². The van der Waals surface area contributed by atoms with Crippen LogP contribution in [0.1, 0.15) is 0 Å². The zero-order valence-electron chi connectivity index (χ0n) is 11.6. The van der Waals surface area contributed by atoms with Gasteiger partial charge in [-0.25, -0.2) is 9.50 Å². The molecule has 0 aliphatic heterocycles. The molecular formula is C14H9ClF3N3O2. The van der Waals surface area contributed by atoms with Crippen molar-refractivity contribution in [3.8, 4) is 22.8 Å². The molecule has 120 valence electrons. The lowest BCUT2D eigenvalue weighted by Gasteiger charge is -2.12. The van der Waals surface area contributed by atoms with Crippen molar-refractivity contribution in [1.82, 2.24) is 14.6 Å². The van der Waals surface area contributed by atoms with Gasteiger partial charge in [-0.05, 0) is 30.3 Å². The Hall–Kier alpha value is -2.48. The number of imidazole rings is 1. The zero-order valence-corrected chi connectivity index (χ0v) is 12.4. The Balaban J connectivity index is 2.16. The van der Waals surface area contributed by atoms with Gasteiger partial charge in [-0.2, -0.15) is 5.10 Å². The average Bonchev–Trinajstić information content (AvgIpc) is 2.88. The smallest absolute Gasteiger partial charge is 0.496 e. The van der Waals surface area contributed by atoms with E-state index >= 15 is 0 Å². The summed E-state index contributed by atoms with van der Waals surface area (Å²) in [7, 11) is 1.41. The van der Waals surface area contributed by atoms with Gasteiger partial charge in [-0.3, -0.25) is 0 Å². The molecule has 9 heteroatoms. The Morgan fingerprint density at radius 1 is 1.17 bits per heavy atom. The van der Waals surface area contributed by atoms with Crippen LogP contribution in [0.4, 0.5) is 13.2 Å². The first-order valence-corrected chi connectivity index (χ1v) is 6.69. The number of halogens is 4. The maximum absolute atomic E-state index is 12.4. The lowest BCUT2D eigenvalue weighted by molar-refractivity contribution is -0.274. The van der Waals surface area contributed by atoms with E-state index in [0.717, 1.165) is 0 Å². The van der Waals surface area contributed by atoms with Crippen LogP contribution < -0.4 is 9.47 Å². The van der Waals surface area contributed by atoms with Crippen molar-refractivity contribution in [3.05, 3.63) is 41.7 Å². The van der Waals surface area contributed by atoms with Gasteiger partial charge in [-0.15, -0.1) is 13.2 Å². The van der Waals surface area contributed by atoms with E-state index in [-0.39, 0.29) is 10.9 Å². The molecule has 0 spiro atoms. The maximum Gasteiger partial charge on any atom is 0.573 e. The van der Waals surface area contributed by atoms with Crippen molar-refractivity contribution < 1.29 is 22.6 Å². The molecule has 0 saturated carbocycles. The van der Waals surface area contributed by atoms with Gasteiger partial charge in [0.1, 0.15) is 16.7 Å². The van der Waals surface area contributed by atoms with E-state index in [2.05, 4.69) is 14.8 Å². The van der Waals surface area contributed by atoms with E-state index in [4.69, 9.17) is 16.3 Å². The molecule has 0 amide bonds. The van der Waals surface area contributed by atoms with E-state index in [1.807, 2.05) is 0 Å². The number of methoxy groups -OCH3 is 1. The van der Waals surface area contributed by atoms with Crippen LogP contribution in [0.3, 0.4) is 0 Å². The van der Waals surface area contributed by atoms with E-state index < -0.39 is 6.36 Å². The van der Waals surface area contributed by atoms with Crippen LogP contribution in [0.2, 0.25) is 5.15 Å². The Morgan fingerprint density at radius 2 is 1.96 bits per heavy atom. The molecule has 1 aromatic carbocycles. The van der Waals surface area contributed by atoms with Crippen LogP contribution in [-0.4, -0.2) is 28.1 Å². The molecule has 3 rings (SSSR count). The molecule has 2 heterocycles. The molecule has 3 aromatic rings. The molecule has 0 atom stereocenters. The summed E-state index contributed by atoms with van der Waals surface area (Å²) in [6.45, 7) is 0. The molecule has 23 heavy (non-hydrogen) atoms. The summed E-state index contributed by atoms with van der Waals surface area (Å²) < 4.78 is 47.8. The largest absolute Gasteiger partial charge is 0.573 e. The standard InChI is InChI=1S/C14H9ClF3N3O2/c1-22-11-3-2-8(23-14(16,17)18)6-9(11)10-7-19-13-5-4-12(15)20-21(10)13/h2-7H,1H3. The first-order valence-electron chi connectivity index (χ1n) is 6.32. The molecule has 0 aliphatic carbocycles. The molecule has 0 fully saturated rings. The zero-order chi connectivity index (χ0) is 16.6. The molecule has 0 unspecified atom stereocenters. The SMILES string of the molecule is COc1ccc(OC(F)(F)F)cc1-c1cnc2ccc(Cl)nn12. The van der Waals surface area contributed by atoms with Crippen LogP contribution in [-0.2, 0) is 0 Å². The second-order valence-corrected chi connectivity index (χ2v) is 4.87. The molecule has 0 aliphatic rings. The van der Waals surface area contributed by atoms with E-state index in [0.29, 0.717) is 22.7 Å². The van der Waals surface area contributed by atoms with Gasteiger partial charge in [0.15, 0.2) is 5.65 Å². The molecule has 0 radical (unpaired) electrons. The number of benzene rings is 1. The monoisotopic (exact) mass is 343 g/mol. The third kappa shape index (κ3) is 3.16. The Morgan fingerprint density at radius 3 is 2.65 bits per heavy atom. The quantitative estimate of drug-likeness (QED) is 0.722. The Labute approximate surface area is 133 Å². The normalized spacial score (nSPS) is 11.7. The average molecular weight is 344 g/mol. The first-order chi connectivity index (χ1) is 10.9. The summed E-state index contributed by atoms with van der Waals surface area (Å²) in [5.41, 5.74) is 1.26. The van der Waals surface area contributed by atoms with Crippen molar-refractivity contribution in [2.24, 2.45) is 0 Å². The number of aromatic nitrogens is 3. The molecule has 0 saturated heterocycles. The predicted molar refractivity (Wildman–Crippen MR) is 76.7 cm³/mol. The molecule has 5 nitrogen and oxygen atoms in total. The first kappa shape index (κ1) is 15.4. The van der Waals surface area contributed by atoms with Crippen LogP contribution in [0.5, 0.6) is 11.5 Å². The summed E-state index contributed by atoms with van der Waals surface area (Å²) in [5.74, 6) is -0.0200. The maximum atomic E-state index is 12.4. The van der Waals surface area contributed by atoms with Crippen LogP contribution in [0.15, 0.2) is 36.5 Å². The number of alkyl halides is 3. The molecular weight excluding hydrogens is 335 g/mol. The van der Waals surface area contributed by atoms with Gasteiger partial charge in [0.05, 0.1) is 19.0 Å². The number of hydrogen-bond donors (Lipinski definition) is 0. The van der Waals surface area contributed by atoms with Crippen molar-refractivity contribution in [2.75, 3.05) is 7.11 Å². The topological polar surface area (TPSA) is 48.7 Å². The van der Waals surface area contributed by atoms with Crippen molar-refractivity contribution in [2.45, 2.75) is 6.36 Å². The third-order valence-corrected chi connectivity index (χ3v) is 3.21. The number of ether oxygens (including phenoxy) is 2. The van der Waals surface area contributed by atoms with E-state index in [1.165, 1.54) is 36.0 Å². The van der Waals surface area contributed by atoms with Crippen LogP contribution in [0, 0.1) is 0 Å². The fourth-order valence-corrected chi connectivity index (χ4v) is 2.26. The predicted octanol–water partition coefficient (Wildman–Crippen LogP) is 3.96. The van der Waals surface area contributed by atoms with Gasteiger partial charge in [0, 0.05) is 5.56 Å². The lowest BCUT2D eigenvalue weighted by atomic mass is 10.1. The highest BCUT2D eigenvalue weighted by molar-refractivity contribution is 6.29. The minimum Gasteiger partial charge on any atom is -0.496 e. The minimum atomic E-state index is -4.78. The van der Waals surface area contributed by atoms with Crippen molar-refractivity contribution >= 4 is 17.2 Å². The fourth-order valence-electron chi connectivity index (χ4n) is 2.12. The molecule has 0 N–H and O–H groups in total. The number of hydrogen-bond acceptors (Lipinski definition) is 4. The van der Waals surface area contributed by atoms with Gasteiger partial charge in [-0.1, -0.05) is 11.6 Å². The minimum absolute atomic E-state index is 0.221. The number of rotatable bonds is 3. The highest BCUT2D eigenvalue weighted by atomic mass is 35.5. The lowest BCUT2D eigenvalue weighted by Crippen LogP contribution is -2.17. The highest BCUT2D eigenvalue weighted by Gasteiger charge is 2.31. The van der Waals surface area contributed by atoms with Gasteiger partial charge in [0.2, 0.25) is 0 Å². The summed E-state index contributed by atoms with van der Waals surface area (Å²) in [6.07, 6.45) is -3.32. The van der Waals surface area contributed by atoms with Crippen molar-refractivity contribution in [1.29, 1.82) is 0 Å². The molecule has 0 bridgehead atoms. The number of nitrogens with zero attached hydrogens (tertiary/aromatic N) is 3. The van der Waals surface area contributed by atoms with Gasteiger partial charge >= 0.3 is 6.36 Å². The van der Waals surface area contributed by atoms with Crippen LogP contribution in [0.25, 0.3) is 16.9 Å². The fraction of sp³-hybridized carbons (Fsp3) is 0.143. The van der Waals surface area contributed by atoms with Gasteiger partial charge in [0.25, 0.3) is 0 Å². The summed E-state index contributed by atoms with van der Waals surface area (Å²) >= 11 is 5.86. The van der Waals surface area contributed by atoms with Crippen molar-refractivity contribution in [3.63, 3.8) is 0 Å². The summed E-state index contributed by atoms with van der Waals surface area (Å²) in [4.78, 5) is 4.14. The summed E-state index contributed by atoms with van der Waals surface area (Å²) in [6, 6.07) is 6.95. The second-order valence-electron chi connectivity index (χ2n) is 4.48. The Bertz CT molecular complexity index is 864. The number of fused-ring (bicyclic) bond motifs is 1. The summed E-state index contributed by atoms with van der Waals surface area (Å²) in [5, 5.41) is 4.31. The molecule has 2 aromatic heterocycles. The second kappa shape index (κ2) is 5.62. The van der Waals surface area contributed by atoms with Crippen LogP contribution >= 0.6 is 11.6 Å². The van der Waals surface area contributed by atoms with E-state index in [1.54, 1.807) is 12.1 Å². The Kier molecular flexibility index (Phi) is 3.77. The highest BCUT2D eigenvalue weighted by Crippen LogP contribution is 2.35. The third-order valence-electron chi connectivity index (χ3n) is 3.01.